The molecule has 2 unspecified atom stereocenters. The van der Waals surface area contributed by atoms with Gasteiger partial charge in [-0.2, -0.15) is 4.98 Å². The van der Waals surface area contributed by atoms with Gasteiger partial charge in [0.15, 0.2) is 17.2 Å². The summed E-state index contributed by atoms with van der Waals surface area (Å²) in [5.74, 6) is 0.380. The van der Waals surface area contributed by atoms with E-state index in [0.717, 1.165) is 30.8 Å². The van der Waals surface area contributed by atoms with Crippen molar-refractivity contribution in [3.05, 3.63) is 58.6 Å². The molecule has 6 rings (SSSR count). The topological polar surface area (TPSA) is 124 Å². The fourth-order valence-corrected chi connectivity index (χ4v) is 4.46. The maximum absolute atomic E-state index is 14.8. The van der Waals surface area contributed by atoms with Crippen molar-refractivity contribution in [2.45, 2.75) is 25.4 Å². The molecule has 0 amide bonds. The minimum absolute atomic E-state index is 0.295. The van der Waals surface area contributed by atoms with E-state index in [0.29, 0.717) is 46.5 Å². The van der Waals surface area contributed by atoms with Gasteiger partial charge < -0.3 is 25.3 Å². The molecule has 0 saturated carbocycles. The monoisotopic (exact) mass is 448 g/mol. The molecule has 0 aliphatic carbocycles. The van der Waals surface area contributed by atoms with Crippen molar-refractivity contribution >= 4 is 40.1 Å². The Bertz CT molecular complexity index is 1420. The van der Waals surface area contributed by atoms with Crippen LogP contribution < -0.4 is 26.6 Å². The molecule has 2 fully saturated rings. The molecular weight excluding hydrogens is 427 g/mol. The molecule has 2 aliphatic heterocycles. The second-order valence-corrected chi connectivity index (χ2v) is 8.38. The summed E-state index contributed by atoms with van der Waals surface area (Å²) in [5.41, 5.74) is 3.06. The summed E-state index contributed by atoms with van der Waals surface area (Å²) in [6.07, 6.45) is 4.29. The average molecular weight is 448 g/mol. The van der Waals surface area contributed by atoms with E-state index in [1.165, 1.54) is 6.07 Å². The normalized spacial score (nSPS) is 19.4. The van der Waals surface area contributed by atoms with Gasteiger partial charge in [-0.25, -0.2) is 19.2 Å². The van der Waals surface area contributed by atoms with Gasteiger partial charge in [0.2, 0.25) is 5.95 Å². The third-order valence-corrected chi connectivity index (χ3v) is 6.06. The van der Waals surface area contributed by atoms with Gasteiger partial charge in [-0.1, -0.05) is 0 Å². The van der Waals surface area contributed by atoms with E-state index in [1.807, 2.05) is 11.8 Å². The molecule has 2 bridgehead atoms. The van der Waals surface area contributed by atoms with E-state index in [9.17, 15) is 9.18 Å². The number of fused-ring (bicyclic) bond motifs is 3. The number of rotatable bonds is 5. The van der Waals surface area contributed by atoms with Crippen LogP contribution in [0.25, 0.3) is 11.1 Å². The molecule has 4 aromatic rings. The minimum Gasteiger partial charge on any atom is -0.408 e. The number of hydrogen-bond acceptors (Lipinski definition) is 9. The van der Waals surface area contributed by atoms with Gasteiger partial charge in [0.1, 0.15) is 5.82 Å². The van der Waals surface area contributed by atoms with E-state index < -0.39 is 5.76 Å². The highest BCUT2D eigenvalue weighted by Crippen LogP contribution is 2.31. The molecule has 5 heterocycles. The molecule has 1 aromatic carbocycles. The number of benzene rings is 1. The van der Waals surface area contributed by atoms with Crippen molar-refractivity contribution in [1.82, 2.24) is 25.3 Å². The maximum Gasteiger partial charge on any atom is 0.417 e. The zero-order valence-corrected chi connectivity index (χ0v) is 17.7. The fraction of sp³-hybridized carbons (Fsp3) is 0.273. The van der Waals surface area contributed by atoms with Crippen molar-refractivity contribution in [3.8, 4) is 0 Å². The number of H-pyrrole nitrogens is 1. The first-order valence-corrected chi connectivity index (χ1v) is 10.7. The van der Waals surface area contributed by atoms with Gasteiger partial charge in [-0.15, -0.1) is 0 Å². The summed E-state index contributed by atoms with van der Waals surface area (Å²) >= 11 is 0. The van der Waals surface area contributed by atoms with Crippen LogP contribution in [-0.2, 0) is 0 Å². The van der Waals surface area contributed by atoms with Crippen molar-refractivity contribution in [3.63, 3.8) is 0 Å². The number of halogens is 1. The van der Waals surface area contributed by atoms with Gasteiger partial charge in [-0.3, -0.25) is 4.98 Å². The predicted octanol–water partition coefficient (Wildman–Crippen LogP) is 2.79. The maximum atomic E-state index is 14.8. The Balaban J connectivity index is 1.21. The third kappa shape index (κ3) is 3.65. The number of aromatic nitrogens is 4. The molecule has 4 N–H and O–H groups in total. The largest absolute Gasteiger partial charge is 0.417 e. The fourth-order valence-electron chi connectivity index (χ4n) is 4.46. The Labute approximate surface area is 187 Å². The van der Waals surface area contributed by atoms with E-state index in [1.54, 1.807) is 30.6 Å². The van der Waals surface area contributed by atoms with E-state index in [4.69, 9.17) is 4.42 Å². The molecule has 10 nitrogen and oxygen atoms in total. The highest BCUT2D eigenvalue weighted by molar-refractivity contribution is 5.78. The first-order valence-electron chi connectivity index (χ1n) is 10.7. The lowest BCUT2D eigenvalue weighted by Gasteiger charge is -2.28. The number of nitrogens with one attached hydrogen (secondary N) is 4. The number of piperazine rings is 1. The summed E-state index contributed by atoms with van der Waals surface area (Å²) in [4.78, 5) is 29.2. The van der Waals surface area contributed by atoms with Crippen LogP contribution in [0, 0.1) is 12.7 Å². The molecule has 11 heteroatoms. The third-order valence-electron chi connectivity index (χ3n) is 6.06. The van der Waals surface area contributed by atoms with Gasteiger partial charge in [0.05, 0.1) is 17.4 Å². The van der Waals surface area contributed by atoms with Crippen molar-refractivity contribution in [2.75, 3.05) is 28.6 Å². The van der Waals surface area contributed by atoms with Crippen LogP contribution in [0.15, 0.2) is 45.9 Å². The smallest absolute Gasteiger partial charge is 0.408 e. The van der Waals surface area contributed by atoms with Crippen LogP contribution in [0.3, 0.4) is 0 Å². The lowest BCUT2D eigenvalue weighted by Crippen LogP contribution is -2.44. The Kier molecular flexibility index (Phi) is 4.50. The Hall–Kier alpha value is -3.99. The lowest BCUT2D eigenvalue weighted by molar-refractivity contribution is 0.554. The highest BCUT2D eigenvalue weighted by Gasteiger charge is 2.39. The van der Waals surface area contributed by atoms with Crippen LogP contribution in [0.4, 0.5) is 33.3 Å². The van der Waals surface area contributed by atoms with Gasteiger partial charge in [-0.05, 0) is 31.5 Å². The van der Waals surface area contributed by atoms with Crippen LogP contribution in [0.2, 0.25) is 0 Å². The molecular formula is C22H21FN8O2. The number of aryl methyl sites for hydroxylation is 1. The van der Waals surface area contributed by atoms with E-state index in [-0.39, 0.29) is 5.82 Å². The second-order valence-electron chi connectivity index (χ2n) is 8.38. The Morgan fingerprint density at radius 3 is 2.88 bits per heavy atom. The number of oxazole rings is 1. The predicted molar refractivity (Wildman–Crippen MR) is 122 cm³/mol. The molecule has 2 atom stereocenters. The molecule has 0 radical (unpaired) electrons. The van der Waals surface area contributed by atoms with Gasteiger partial charge in [0.25, 0.3) is 0 Å². The zero-order valence-electron chi connectivity index (χ0n) is 17.7. The van der Waals surface area contributed by atoms with Crippen LogP contribution in [-0.4, -0.2) is 45.1 Å². The zero-order chi connectivity index (χ0) is 22.5. The summed E-state index contributed by atoms with van der Waals surface area (Å²) < 4.78 is 19.9. The number of anilines is 5. The molecule has 2 aliphatic rings. The molecule has 168 valence electrons. The number of nitrogens with zero attached hydrogens (tertiary/aromatic N) is 4. The SMILES string of the molecule is Cc1cnc(Nc2cnc(N3CC4CC3CN4)c(F)c2)nc1Nc1ccc2oc(=O)[nH]c2c1. The van der Waals surface area contributed by atoms with Crippen LogP contribution in [0.1, 0.15) is 12.0 Å². The highest BCUT2D eigenvalue weighted by atomic mass is 19.1. The van der Waals surface area contributed by atoms with E-state index >= 15 is 0 Å². The standard InChI is InChI=1S/C22H21FN8O2/c1-11-7-26-21(30-19(11)27-12-2-3-18-17(6-12)29-22(32)33-18)28-13-5-16(23)20(25-8-13)31-10-14-4-15(31)9-24-14/h2-3,5-8,14-15,24H,4,9-10H2,1H3,(H,29,32)(H2,26,27,28,30). The molecule has 3 aromatic heterocycles. The quantitative estimate of drug-likeness (QED) is 0.365. The van der Waals surface area contributed by atoms with Crippen molar-refractivity contribution < 1.29 is 8.81 Å². The van der Waals surface area contributed by atoms with Crippen LogP contribution in [0.5, 0.6) is 0 Å². The average Bonchev–Trinajstić information content (AvgIpc) is 3.51. The molecule has 33 heavy (non-hydrogen) atoms. The minimum atomic E-state index is -0.507. The first-order chi connectivity index (χ1) is 16.0. The summed E-state index contributed by atoms with van der Waals surface area (Å²) in [7, 11) is 0. The summed E-state index contributed by atoms with van der Waals surface area (Å²) in [5, 5.41) is 9.65. The van der Waals surface area contributed by atoms with Gasteiger partial charge in [0, 0.05) is 48.7 Å². The first kappa shape index (κ1) is 19.7. The lowest BCUT2D eigenvalue weighted by atomic mass is 10.2. The van der Waals surface area contributed by atoms with Gasteiger partial charge >= 0.3 is 5.76 Å². The number of aromatic amines is 1. The summed E-state index contributed by atoms with van der Waals surface area (Å²) in [6, 6.07) is 7.36. The molecule has 0 spiro atoms. The van der Waals surface area contributed by atoms with Crippen molar-refractivity contribution in [2.24, 2.45) is 0 Å². The Morgan fingerprint density at radius 2 is 2.09 bits per heavy atom. The van der Waals surface area contributed by atoms with E-state index in [2.05, 4.69) is 35.9 Å². The number of pyridine rings is 1. The summed E-state index contributed by atoms with van der Waals surface area (Å²) in [6.45, 7) is 3.51. The van der Waals surface area contributed by atoms with Crippen LogP contribution >= 0.6 is 0 Å². The number of hydrogen-bond donors (Lipinski definition) is 4. The van der Waals surface area contributed by atoms with Crippen molar-refractivity contribution in [1.29, 1.82) is 0 Å². The second kappa shape index (κ2) is 7.55. The Morgan fingerprint density at radius 1 is 1.18 bits per heavy atom. The molecule has 2 saturated heterocycles.